The molecule has 0 radical (unpaired) electrons. The van der Waals surface area contributed by atoms with E-state index in [4.69, 9.17) is 14.5 Å². The van der Waals surface area contributed by atoms with Gasteiger partial charge in [0.1, 0.15) is 11.6 Å². The van der Waals surface area contributed by atoms with E-state index >= 15 is 0 Å². The predicted molar refractivity (Wildman–Crippen MR) is 162 cm³/mol. The molecule has 1 aliphatic carbocycles. The van der Waals surface area contributed by atoms with Gasteiger partial charge in [0, 0.05) is 11.9 Å². The molecule has 0 spiro atoms. The Hall–Kier alpha value is -4.52. The second kappa shape index (κ2) is 12.1. The summed E-state index contributed by atoms with van der Waals surface area (Å²) < 4.78 is 24.1. The largest absolute Gasteiger partial charge is 0.497 e. The molecule has 3 aromatic carbocycles. The second-order valence-corrected chi connectivity index (χ2v) is 11.7. The maximum Gasteiger partial charge on any atom is 0.339 e. The first-order valence-corrected chi connectivity index (χ1v) is 14.1. The van der Waals surface area contributed by atoms with E-state index in [1.807, 2.05) is 48.5 Å². The van der Waals surface area contributed by atoms with E-state index in [0.29, 0.717) is 22.9 Å². The highest BCUT2D eigenvalue weighted by atomic mass is 19.1. The summed E-state index contributed by atoms with van der Waals surface area (Å²) in [6.45, 7) is 6.42. The summed E-state index contributed by atoms with van der Waals surface area (Å²) in [7, 11) is 1.64. The second-order valence-electron chi connectivity index (χ2n) is 11.7. The van der Waals surface area contributed by atoms with Crippen LogP contribution < -0.4 is 10.1 Å². The lowest BCUT2D eigenvalue weighted by Gasteiger charge is -2.36. The molecule has 1 aromatic heterocycles. The zero-order chi connectivity index (χ0) is 29.9. The first kappa shape index (κ1) is 29.0. The van der Waals surface area contributed by atoms with Crippen molar-refractivity contribution in [2.75, 3.05) is 13.7 Å². The van der Waals surface area contributed by atoms with Crippen LogP contribution in [0.25, 0.3) is 22.6 Å². The number of nitrogens with zero attached hydrogens (tertiary/aromatic N) is 1. The van der Waals surface area contributed by atoms with Gasteiger partial charge in [-0.05, 0) is 82.8 Å². The SMILES string of the molecule is COc1ccc(/C=C2\C[C@H](C(C)(C)C)Cc3c2nc2ccccc2c3C(=O)OCC(=O)NCc2ccc(F)cc2)cc1. The number of methoxy groups -OCH3 is 1. The molecule has 4 aromatic rings. The number of rotatable bonds is 7. The summed E-state index contributed by atoms with van der Waals surface area (Å²) in [6, 6.07) is 21.3. The third kappa shape index (κ3) is 6.51. The summed E-state index contributed by atoms with van der Waals surface area (Å²) in [5.41, 5.74) is 5.57. The number of benzene rings is 3. The Morgan fingerprint density at radius 3 is 2.40 bits per heavy atom. The molecule has 0 unspecified atom stereocenters. The number of hydrogen-bond donors (Lipinski definition) is 1. The molecule has 0 fully saturated rings. The third-order valence-electron chi connectivity index (χ3n) is 7.84. The van der Waals surface area contributed by atoms with Crippen LogP contribution in [0.2, 0.25) is 0 Å². The number of allylic oxidation sites excluding steroid dienone is 1. The highest BCUT2D eigenvalue weighted by Gasteiger charge is 2.35. The van der Waals surface area contributed by atoms with E-state index in [0.717, 1.165) is 40.1 Å². The van der Waals surface area contributed by atoms with Crippen molar-refractivity contribution in [2.45, 2.75) is 40.2 Å². The van der Waals surface area contributed by atoms with Crippen LogP contribution in [0.1, 0.15) is 59.9 Å². The molecule has 0 saturated heterocycles. The standard InChI is InChI=1S/C35H35FN2O4/c1-35(2,3)25-18-24(17-22-11-15-27(41-4)16-12-22)33-29(19-25)32(28-7-5-6-8-30(28)38-33)34(40)42-21-31(39)37-20-23-9-13-26(36)14-10-23/h5-17,25H,18-21H2,1-4H3,(H,37,39)/b24-17+/t25-/m0/s1. The molecule has 0 bridgehead atoms. The Kier molecular flexibility index (Phi) is 8.39. The normalized spacial score (nSPS) is 15.7. The van der Waals surface area contributed by atoms with Gasteiger partial charge in [-0.2, -0.15) is 0 Å². The Labute approximate surface area is 245 Å². The number of carbonyl (C=O) groups is 2. The number of pyridine rings is 1. The minimum Gasteiger partial charge on any atom is -0.497 e. The maximum absolute atomic E-state index is 13.7. The van der Waals surface area contributed by atoms with Crippen molar-refractivity contribution >= 4 is 34.4 Å². The average molecular weight is 567 g/mol. The van der Waals surface area contributed by atoms with Crippen LogP contribution in [0.5, 0.6) is 5.75 Å². The van der Waals surface area contributed by atoms with Crippen molar-refractivity contribution in [1.29, 1.82) is 0 Å². The summed E-state index contributed by atoms with van der Waals surface area (Å²) in [5.74, 6) is -0.303. The number of fused-ring (bicyclic) bond motifs is 2. The van der Waals surface area contributed by atoms with E-state index < -0.39 is 18.5 Å². The van der Waals surface area contributed by atoms with Crippen LogP contribution in [-0.4, -0.2) is 30.6 Å². The van der Waals surface area contributed by atoms with Crippen molar-refractivity contribution in [3.8, 4) is 5.75 Å². The number of ether oxygens (including phenoxy) is 2. The summed E-state index contributed by atoms with van der Waals surface area (Å²) in [5, 5.41) is 3.43. The molecule has 1 atom stereocenters. The van der Waals surface area contributed by atoms with Crippen molar-refractivity contribution in [3.05, 3.63) is 107 Å². The van der Waals surface area contributed by atoms with Gasteiger partial charge in [0.25, 0.3) is 5.91 Å². The molecule has 0 saturated carbocycles. The van der Waals surface area contributed by atoms with Gasteiger partial charge in [-0.25, -0.2) is 14.2 Å². The highest BCUT2D eigenvalue weighted by Crippen LogP contribution is 2.45. The number of aromatic nitrogens is 1. The van der Waals surface area contributed by atoms with E-state index in [2.05, 4.69) is 32.2 Å². The zero-order valence-corrected chi connectivity index (χ0v) is 24.4. The minimum atomic E-state index is -0.555. The van der Waals surface area contributed by atoms with Crippen molar-refractivity contribution in [2.24, 2.45) is 11.3 Å². The lowest BCUT2D eigenvalue weighted by atomic mass is 9.69. The van der Waals surface area contributed by atoms with Gasteiger partial charge in [-0.3, -0.25) is 4.79 Å². The molecule has 5 rings (SSSR count). The van der Waals surface area contributed by atoms with Gasteiger partial charge in [-0.1, -0.05) is 63.2 Å². The Morgan fingerprint density at radius 1 is 1.00 bits per heavy atom. The number of amides is 1. The van der Waals surface area contributed by atoms with E-state index in [9.17, 15) is 14.0 Å². The molecule has 0 aliphatic heterocycles. The fourth-order valence-electron chi connectivity index (χ4n) is 5.33. The lowest BCUT2D eigenvalue weighted by molar-refractivity contribution is -0.124. The van der Waals surface area contributed by atoms with Crippen molar-refractivity contribution < 1.29 is 23.5 Å². The molecule has 1 heterocycles. The Balaban J connectivity index is 1.48. The Morgan fingerprint density at radius 2 is 1.71 bits per heavy atom. The molecule has 216 valence electrons. The number of nitrogens with one attached hydrogen (secondary N) is 1. The first-order chi connectivity index (χ1) is 20.1. The average Bonchev–Trinajstić information content (AvgIpc) is 2.98. The van der Waals surface area contributed by atoms with Crippen molar-refractivity contribution in [1.82, 2.24) is 10.3 Å². The summed E-state index contributed by atoms with van der Waals surface area (Å²) in [4.78, 5) is 31.3. The van der Waals surface area contributed by atoms with Gasteiger partial charge >= 0.3 is 5.97 Å². The van der Waals surface area contributed by atoms with Crippen molar-refractivity contribution in [3.63, 3.8) is 0 Å². The number of hydrogen-bond acceptors (Lipinski definition) is 5. The van der Waals surface area contributed by atoms with Crippen LogP contribution >= 0.6 is 0 Å². The molecule has 42 heavy (non-hydrogen) atoms. The molecule has 7 heteroatoms. The fraction of sp³-hybridized carbons (Fsp3) is 0.286. The number of esters is 1. The van der Waals surface area contributed by atoms with E-state index in [1.165, 1.54) is 12.1 Å². The summed E-state index contributed by atoms with van der Waals surface area (Å²) >= 11 is 0. The highest BCUT2D eigenvalue weighted by molar-refractivity contribution is 6.07. The van der Waals surface area contributed by atoms with Gasteiger partial charge in [0.15, 0.2) is 6.61 Å². The van der Waals surface area contributed by atoms with Crippen LogP contribution in [0, 0.1) is 17.2 Å². The van der Waals surface area contributed by atoms with Gasteiger partial charge in [-0.15, -0.1) is 0 Å². The van der Waals surface area contributed by atoms with Crippen LogP contribution in [0.3, 0.4) is 0 Å². The summed E-state index contributed by atoms with van der Waals surface area (Å²) in [6.07, 6.45) is 3.61. The van der Waals surface area contributed by atoms with Crippen LogP contribution in [-0.2, 0) is 22.5 Å². The van der Waals surface area contributed by atoms with Gasteiger partial charge in [0.05, 0.1) is 23.9 Å². The zero-order valence-electron chi connectivity index (χ0n) is 24.4. The van der Waals surface area contributed by atoms with E-state index in [1.54, 1.807) is 19.2 Å². The molecular formula is C35H35FN2O4. The maximum atomic E-state index is 13.7. The van der Waals surface area contributed by atoms with Crippen LogP contribution in [0.4, 0.5) is 4.39 Å². The molecule has 1 N–H and O–H groups in total. The van der Waals surface area contributed by atoms with Gasteiger partial charge in [0.2, 0.25) is 0 Å². The van der Waals surface area contributed by atoms with Gasteiger partial charge < -0.3 is 14.8 Å². The number of halogens is 1. The Bertz CT molecular complexity index is 1640. The topological polar surface area (TPSA) is 77.5 Å². The number of carbonyl (C=O) groups excluding carboxylic acids is 2. The first-order valence-electron chi connectivity index (χ1n) is 14.1. The molecular weight excluding hydrogens is 531 g/mol. The number of para-hydroxylation sites is 1. The molecule has 6 nitrogen and oxygen atoms in total. The quantitative estimate of drug-likeness (QED) is 0.244. The molecule has 1 aliphatic rings. The predicted octanol–water partition coefficient (Wildman–Crippen LogP) is 7.00. The monoisotopic (exact) mass is 566 g/mol. The smallest absolute Gasteiger partial charge is 0.339 e. The minimum absolute atomic E-state index is 0.0241. The van der Waals surface area contributed by atoms with Crippen LogP contribution in [0.15, 0.2) is 72.8 Å². The van der Waals surface area contributed by atoms with E-state index in [-0.39, 0.29) is 23.7 Å². The third-order valence-corrected chi connectivity index (χ3v) is 7.84. The lowest BCUT2D eigenvalue weighted by Crippen LogP contribution is -2.30. The molecule has 1 amide bonds. The fourth-order valence-corrected chi connectivity index (χ4v) is 5.33.